The molecule has 1 N–H and O–H groups in total. The number of carbonyl (C=O) groups excluding carboxylic acids is 1. The Bertz CT molecular complexity index is 735. The summed E-state index contributed by atoms with van der Waals surface area (Å²) in [6.45, 7) is 6.65. The number of benzene rings is 1. The molecule has 0 radical (unpaired) electrons. The van der Waals surface area contributed by atoms with E-state index in [1.54, 1.807) is 7.11 Å². The highest BCUT2D eigenvalue weighted by molar-refractivity contribution is 5.89. The predicted octanol–water partition coefficient (Wildman–Crippen LogP) is 4.61. The van der Waals surface area contributed by atoms with Gasteiger partial charge in [-0.15, -0.1) is 0 Å². The highest BCUT2D eigenvalue weighted by atomic mass is 16.5. The number of unbranched alkanes of at least 4 members (excludes halogenated alkanes) is 1. The van der Waals surface area contributed by atoms with Crippen molar-refractivity contribution in [3.05, 3.63) is 30.0 Å². The summed E-state index contributed by atoms with van der Waals surface area (Å²) in [5.41, 5.74) is 1.58. The van der Waals surface area contributed by atoms with Gasteiger partial charge in [0, 0.05) is 30.7 Å². The Labute approximate surface area is 160 Å². The van der Waals surface area contributed by atoms with E-state index in [1.165, 1.54) is 0 Å². The lowest BCUT2D eigenvalue weighted by Crippen LogP contribution is -2.32. The third-order valence-electron chi connectivity index (χ3n) is 5.19. The zero-order chi connectivity index (χ0) is 19.1. The Morgan fingerprint density at radius 3 is 2.74 bits per heavy atom. The fraction of sp³-hybridized carbons (Fsp3) is 0.571. The number of furan rings is 1. The quantitative estimate of drug-likeness (QED) is 0.684. The van der Waals surface area contributed by atoms with E-state index in [4.69, 9.17) is 13.9 Å². The molecule has 27 heavy (non-hydrogen) atoms. The van der Waals surface area contributed by atoms with Crippen LogP contribution in [0.4, 0.5) is 10.5 Å². The van der Waals surface area contributed by atoms with Gasteiger partial charge in [0.05, 0.1) is 6.61 Å². The summed E-state index contributed by atoms with van der Waals surface area (Å²) in [6.07, 6.45) is 3.51. The highest BCUT2D eigenvalue weighted by Crippen LogP contribution is 2.33. The van der Waals surface area contributed by atoms with Crippen molar-refractivity contribution >= 4 is 22.7 Å². The van der Waals surface area contributed by atoms with Gasteiger partial charge in [0.1, 0.15) is 11.3 Å². The normalized spacial score (nSPS) is 15.9. The Hall–Kier alpha value is -2.05. The van der Waals surface area contributed by atoms with E-state index in [0.29, 0.717) is 19.1 Å². The van der Waals surface area contributed by atoms with Crippen molar-refractivity contribution in [1.29, 1.82) is 0 Å². The first-order valence-corrected chi connectivity index (χ1v) is 9.88. The van der Waals surface area contributed by atoms with Crippen LogP contribution in [0.2, 0.25) is 0 Å². The van der Waals surface area contributed by atoms with E-state index in [2.05, 4.69) is 23.2 Å². The molecule has 148 valence electrons. The van der Waals surface area contributed by atoms with E-state index < -0.39 is 6.09 Å². The van der Waals surface area contributed by atoms with Gasteiger partial charge in [0.25, 0.3) is 0 Å². The minimum Gasteiger partial charge on any atom is -0.461 e. The van der Waals surface area contributed by atoms with Crippen LogP contribution in [0.3, 0.4) is 0 Å². The molecular weight excluding hydrogens is 344 g/mol. The smallest absolute Gasteiger partial charge is 0.411 e. The maximum absolute atomic E-state index is 11.9. The van der Waals surface area contributed by atoms with Crippen LogP contribution >= 0.6 is 0 Å². The molecule has 0 saturated carbocycles. The molecule has 0 unspecified atom stereocenters. The lowest BCUT2D eigenvalue weighted by atomic mass is 9.94. The number of nitrogens with zero attached hydrogens (tertiary/aromatic N) is 1. The van der Waals surface area contributed by atoms with Crippen molar-refractivity contribution in [3.8, 4) is 0 Å². The second kappa shape index (κ2) is 9.76. The van der Waals surface area contributed by atoms with Crippen molar-refractivity contribution in [2.45, 2.75) is 38.5 Å². The number of anilines is 1. The van der Waals surface area contributed by atoms with Gasteiger partial charge in [0.2, 0.25) is 0 Å². The van der Waals surface area contributed by atoms with Crippen LogP contribution in [0.15, 0.2) is 28.7 Å². The van der Waals surface area contributed by atoms with Gasteiger partial charge in [-0.2, -0.15) is 0 Å². The minimum atomic E-state index is -0.428. The summed E-state index contributed by atoms with van der Waals surface area (Å²) < 4.78 is 16.2. The molecule has 6 heteroatoms. The van der Waals surface area contributed by atoms with E-state index in [-0.39, 0.29) is 0 Å². The van der Waals surface area contributed by atoms with Gasteiger partial charge < -0.3 is 18.8 Å². The van der Waals surface area contributed by atoms with Gasteiger partial charge >= 0.3 is 6.09 Å². The van der Waals surface area contributed by atoms with E-state index >= 15 is 0 Å². The summed E-state index contributed by atoms with van der Waals surface area (Å²) in [5, 5.41) is 3.80. The third-order valence-corrected chi connectivity index (χ3v) is 5.19. The Balaban J connectivity index is 1.55. The lowest BCUT2D eigenvalue weighted by molar-refractivity contribution is 0.148. The van der Waals surface area contributed by atoms with E-state index in [0.717, 1.165) is 67.7 Å². The molecule has 0 spiro atoms. The largest absolute Gasteiger partial charge is 0.461 e. The number of hydrogen-bond acceptors (Lipinski definition) is 5. The molecule has 0 aliphatic carbocycles. The molecule has 1 aliphatic rings. The number of hydrogen-bond donors (Lipinski definition) is 1. The number of methoxy groups -OCH3 is 1. The molecule has 1 saturated heterocycles. The minimum absolute atomic E-state index is 0.393. The molecule has 1 amide bonds. The van der Waals surface area contributed by atoms with Gasteiger partial charge in [-0.3, -0.25) is 5.32 Å². The molecule has 1 aromatic carbocycles. The summed E-state index contributed by atoms with van der Waals surface area (Å²) in [6, 6.07) is 7.81. The first-order chi connectivity index (χ1) is 13.2. The molecular formula is C21H30N2O4. The lowest BCUT2D eigenvalue weighted by Gasteiger charge is -2.29. The van der Waals surface area contributed by atoms with Crippen molar-refractivity contribution in [2.75, 3.05) is 45.3 Å². The number of amides is 1. The fourth-order valence-electron chi connectivity index (χ4n) is 3.54. The Morgan fingerprint density at radius 1 is 1.22 bits per heavy atom. The van der Waals surface area contributed by atoms with Crippen LogP contribution in [0.5, 0.6) is 0 Å². The number of piperidine rings is 1. The van der Waals surface area contributed by atoms with Crippen LogP contribution in [-0.2, 0) is 9.47 Å². The molecule has 6 nitrogen and oxygen atoms in total. The van der Waals surface area contributed by atoms with Crippen LogP contribution < -0.4 is 5.32 Å². The maximum atomic E-state index is 11.9. The van der Waals surface area contributed by atoms with Gasteiger partial charge in [0.15, 0.2) is 0 Å². The number of ether oxygens (including phenoxy) is 2. The predicted molar refractivity (Wildman–Crippen MR) is 106 cm³/mol. The molecule has 2 aromatic rings. The molecule has 0 bridgehead atoms. The molecule has 1 aromatic heterocycles. The van der Waals surface area contributed by atoms with Crippen molar-refractivity contribution in [3.63, 3.8) is 0 Å². The molecule has 0 atom stereocenters. The molecule has 1 fully saturated rings. The molecule has 3 rings (SSSR count). The summed E-state index contributed by atoms with van der Waals surface area (Å²) >= 11 is 0. The van der Waals surface area contributed by atoms with E-state index in [1.807, 2.05) is 18.2 Å². The fourth-order valence-corrected chi connectivity index (χ4v) is 3.54. The zero-order valence-corrected chi connectivity index (χ0v) is 16.3. The van der Waals surface area contributed by atoms with Gasteiger partial charge in [-0.25, -0.2) is 4.79 Å². The van der Waals surface area contributed by atoms with Crippen molar-refractivity contribution < 1.29 is 18.7 Å². The summed E-state index contributed by atoms with van der Waals surface area (Å²) in [5.74, 6) is 1.53. The second-order valence-corrected chi connectivity index (χ2v) is 7.07. The number of nitrogens with one attached hydrogen (secondary N) is 1. The summed E-state index contributed by atoms with van der Waals surface area (Å²) in [7, 11) is 1.67. The molecule has 2 heterocycles. The van der Waals surface area contributed by atoms with Crippen LogP contribution in [-0.4, -0.2) is 51.0 Å². The monoisotopic (exact) mass is 374 g/mol. The van der Waals surface area contributed by atoms with Crippen LogP contribution in [0, 0.1) is 0 Å². The van der Waals surface area contributed by atoms with Gasteiger partial charge in [-0.1, -0.05) is 6.92 Å². The molecule has 1 aliphatic heterocycles. The standard InChI is InChI=1S/C21H30N2O4/c1-3-23-10-8-16(9-11-23)20-15-17-14-18(6-7-19(17)27-20)22-21(24)26-13-5-4-12-25-2/h6-7,14-16H,3-5,8-13H2,1-2H3,(H,22,24). The number of carbonyl (C=O) groups is 1. The van der Waals surface area contributed by atoms with Crippen molar-refractivity contribution in [1.82, 2.24) is 4.90 Å². The zero-order valence-electron chi connectivity index (χ0n) is 16.3. The number of rotatable bonds is 8. The number of likely N-dealkylation sites (tertiary alicyclic amines) is 1. The summed E-state index contributed by atoms with van der Waals surface area (Å²) in [4.78, 5) is 14.4. The first kappa shape index (κ1) is 19.7. The van der Waals surface area contributed by atoms with Gasteiger partial charge in [-0.05, 0) is 69.6 Å². The topological polar surface area (TPSA) is 63.9 Å². The van der Waals surface area contributed by atoms with Crippen LogP contribution in [0.25, 0.3) is 11.0 Å². The first-order valence-electron chi connectivity index (χ1n) is 9.88. The van der Waals surface area contributed by atoms with E-state index in [9.17, 15) is 4.79 Å². The second-order valence-electron chi connectivity index (χ2n) is 7.07. The highest BCUT2D eigenvalue weighted by Gasteiger charge is 2.22. The third kappa shape index (κ3) is 5.47. The van der Waals surface area contributed by atoms with Crippen molar-refractivity contribution in [2.24, 2.45) is 0 Å². The SMILES string of the molecule is CCN1CCC(c2cc3cc(NC(=O)OCCCCOC)ccc3o2)CC1. The Kier molecular flexibility index (Phi) is 7.12. The number of fused-ring (bicyclic) bond motifs is 1. The van der Waals surface area contributed by atoms with Crippen LogP contribution in [0.1, 0.15) is 44.3 Å². The average molecular weight is 374 g/mol. The maximum Gasteiger partial charge on any atom is 0.411 e. The Morgan fingerprint density at radius 2 is 2.00 bits per heavy atom. The average Bonchev–Trinajstić information content (AvgIpc) is 3.11.